The van der Waals surface area contributed by atoms with Gasteiger partial charge in [0.25, 0.3) is 0 Å². The Morgan fingerprint density at radius 3 is 1.67 bits per heavy atom. The first kappa shape index (κ1) is 19.9. The van der Waals surface area contributed by atoms with Crippen LogP contribution in [0.1, 0.15) is 20.8 Å². The van der Waals surface area contributed by atoms with Crippen LogP contribution in [0, 0.1) is 0 Å². The Balaban J connectivity index is 2.54. The molecule has 0 nitrogen and oxygen atoms in total. The van der Waals surface area contributed by atoms with Gasteiger partial charge in [0.1, 0.15) is 0 Å². The van der Waals surface area contributed by atoms with Gasteiger partial charge in [-0.25, -0.2) is 0 Å². The molecule has 0 heterocycles. The van der Waals surface area contributed by atoms with E-state index in [1.807, 2.05) is 5.20 Å². The van der Waals surface area contributed by atoms with Crippen molar-refractivity contribution in [1.82, 2.24) is 0 Å². The van der Waals surface area contributed by atoms with Crippen LogP contribution in [-0.4, -0.2) is 24.2 Å². The maximum absolute atomic E-state index is 2.74. The van der Waals surface area contributed by atoms with Crippen LogP contribution in [0.5, 0.6) is 0 Å². The summed E-state index contributed by atoms with van der Waals surface area (Å²) in [6, 6.07) is 0. The van der Waals surface area contributed by atoms with Gasteiger partial charge < -0.3 is 0 Å². The SMILES string of the molecule is CC1=CC(C)=C(C)C1[Si](C)(C)C1C=C([Si](C)(C)C)C=C1[Si](C)(C)C. The van der Waals surface area contributed by atoms with E-state index in [2.05, 4.69) is 91.4 Å². The number of allylic oxidation sites excluding steroid dienone is 8. The zero-order chi connectivity index (χ0) is 18.7. The van der Waals surface area contributed by atoms with Gasteiger partial charge in [0.05, 0.1) is 24.2 Å². The summed E-state index contributed by atoms with van der Waals surface area (Å²) in [5, 5.41) is 3.55. The lowest BCUT2D eigenvalue weighted by Gasteiger charge is -2.41. The molecule has 0 spiro atoms. The van der Waals surface area contributed by atoms with Crippen molar-refractivity contribution in [2.45, 2.75) is 84.2 Å². The van der Waals surface area contributed by atoms with E-state index in [1.54, 1.807) is 16.3 Å². The number of hydrogen-bond acceptors (Lipinski definition) is 0. The minimum absolute atomic E-state index is 0.722. The van der Waals surface area contributed by atoms with Gasteiger partial charge in [-0.3, -0.25) is 0 Å². The van der Waals surface area contributed by atoms with Crippen molar-refractivity contribution in [3.05, 3.63) is 45.3 Å². The van der Waals surface area contributed by atoms with E-state index in [9.17, 15) is 0 Å². The van der Waals surface area contributed by atoms with Gasteiger partial charge in [-0.2, -0.15) is 0 Å². The Morgan fingerprint density at radius 1 is 0.750 bits per heavy atom. The Kier molecular flexibility index (Phi) is 5.06. The average Bonchev–Trinajstić information content (AvgIpc) is 2.91. The molecule has 2 rings (SSSR count). The van der Waals surface area contributed by atoms with Crippen LogP contribution in [0.4, 0.5) is 0 Å². The summed E-state index contributed by atoms with van der Waals surface area (Å²) in [5.41, 5.74) is 6.24. The molecule has 2 atom stereocenters. The number of rotatable bonds is 4. The second-order valence-corrected chi connectivity index (χ2v) is 25.7. The van der Waals surface area contributed by atoms with Crippen molar-refractivity contribution in [3.8, 4) is 0 Å². The molecular formula is C21H38Si3. The molecule has 0 N–H and O–H groups in total. The van der Waals surface area contributed by atoms with Crippen molar-refractivity contribution < 1.29 is 0 Å². The van der Waals surface area contributed by atoms with Crippen LogP contribution in [0.3, 0.4) is 0 Å². The van der Waals surface area contributed by atoms with E-state index in [-0.39, 0.29) is 0 Å². The average molecular weight is 375 g/mol. The number of hydrogen-bond donors (Lipinski definition) is 0. The van der Waals surface area contributed by atoms with E-state index < -0.39 is 24.2 Å². The van der Waals surface area contributed by atoms with Crippen molar-refractivity contribution >= 4 is 24.2 Å². The smallest absolute Gasteiger partial charge is 0.0771 e. The maximum atomic E-state index is 2.74. The summed E-state index contributed by atoms with van der Waals surface area (Å²) in [7, 11) is -4.06. The molecule has 134 valence electrons. The van der Waals surface area contributed by atoms with Gasteiger partial charge in [-0.1, -0.05) is 97.7 Å². The fourth-order valence-electron chi connectivity index (χ4n) is 4.77. The predicted molar refractivity (Wildman–Crippen MR) is 120 cm³/mol. The molecule has 0 saturated heterocycles. The van der Waals surface area contributed by atoms with Gasteiger partial charge in [0, 0.05) is 0 Å². The fourth-order valence-corrected chi connectivity index (χ4v) is 14.8. The Hall–Kier alpha value is -0.389. The van der Waals surface area contributed by atoms with Crippen LogP contribution < -0.4 is 0 Å². The zero-order valence-electron chi connectivity index (χ0n) is 17.9. The van der Waals surface area contributed by atoms with Gasteiger partial charge >= 0.3 is 0 Å². The highest BCUT2D eigenvalue weighted by molar-refractivity contribution is 6.91. The summed E-state index contributed by atoms with van der Waals surface area (Å²) >= 11 is 0. The van der Waals surface area contributed by atoms with E-state index in [0.717, 1.165) is 11.1 Å². The van der Waals surface area contributed by atoms with Crippen molar-refractivity contribution in [2.75, 3.05) is 0 Å². The van der Waals surface area contributed by atoms with Crippen LogP contribution in [0.25, 0.3) is 0 Å². The molecule has 2 aliphatic rings. The largest absolute Gasteiger partial charge is 0.0812 e. The molecule has 0 amide bonds. The quantitative estimate of drug-likeness (QED) is 0.451. The summed E-state index contributed by atoms with van der Waals surface area (Å²) in [5.74, 6) is 0. The molecule has 0 aromatic carbocycles. The molecule has 0 bridgehead atoms. The van der Waals surface area contributed by atoms with E-state index in [0.29, 0.717) is 0 Å². The fraction of sp³-hybridized carbons (Fsp3) is 0.619. The lowest BCUT2D eigenvalue weighted by atomic mass is 10.1. The van der Waals surface area contributed by atoms with E-state index in [4.69, 9.17) is 0 Å². The van der Waals surface area contributed by atoms with Gasteiger partial charge in [-0.05, 0) is 31.9 Å². The molecular weight excluding hydrogens is 336 g/mol. The first-order valence-corrected chi connectivity index (χ1v) is 19.6. The standard InChI is InChI=1S/C21H38Si3/c1-15-12-16(2)21(17(15)3)24(10,11)20-14-18(22(4,5)6)13-19(20)23(7,8)9/h12-14,20-21H,1-11H3. The van der Waals surface area contributed by atoms with Gasteiger partial charge in [-0.15, -0.1) is 0 Å². The van der Waals surface area contributed by atoms with Crippen molar-refractivity contribution in [2.24, 2.45) is 0 Å². The minimum Gasteiger partial charge on any atom is -0.0812 e. The van der Waals surface area contributed by atoms with E-state index >= 15 is 0 Å². The molecule has 2 unspecified atom stereocenters. The Morgan fingerprint density at radius 2 is 1.29 bits per heavy atom. The van der Waals surface area contributed by atoms with Crippen LogP contribution in [-0.2, 0) is 0 Å². The topological polar surface area (TPSA) is 0 Å². The maximum Gasteiger partial charge on any atom is 0.0771 e. The lowest BCUT2D eigenvalue weighted by molar-refractivity contribution is 1.02. The highest BCUT2D eigenvalue weighted by Crippen LogP contribution is 2.53. The third-order valence-electron chi connectivity index (χ3n) is 6.22. The Bertz CT molecular complexity index is 658. The van der Waals surface area contributed by atoms with Crippen LogP contribution in [0.2, 0.25) is 63.5 Å². The molecule has 24 heavy (non-hydrogen) atoms. The normalized spacial score (nSPS) is 25.9. The molecule has 0 aromatic rings. The summed E-state index contributed by atoms with van der Waals surface area (Å²) in [6.07, 6.45) is 7.85. The summed E-state index contributed by atoms with van der Waals surface area (Å²) in [6.45, 7) is 27.5. The van der Waals surface area contributed by atoms with Gasteiger partial charge in [0.2, 0.25) is 0 Å². The minimum atomic E-state index is -1.51. The Labute approximate surface area is 153 Å². The molecule has 0 radical (unpaired) electrons. The highest BCUT2D eigenvalue weighted by atomic mass is 28.3. The molecule has 2 aliphatic carbocycles. The van der Waals surface area contributed by atoms with Crippen molar-refractivity contribution in [1.29, 1.82) is 0 Å². The molecule has 0 aromatic heterocycles. The third kappa shape index (κ3) is 3.45. The lowest BCUT2D eigenvalue weighted by Crippen LogP contribution is -2.42. The molecule has 0 fully saturated rings. The molecule has 3 heteroatoms. The first-order chi connectivity index (χ1) is 10.7. The second-order valence-electron chi connectivity index (χ2n) is 10.7. The van der Waals surface area contributed by atoms with E-state index in [1.165, 1.54) is 5.57 Å². The summed E-state index contributed by atoms with van der Waals surface area (Å²) < 4.78 is 0. The summed E-state index contributed by atoms with van der Waals surface area (Å²) in [4.78, 5) is 0. The zero-order valence-corrected chi connectivity index (χ0v) is 20.9. The van der Waals surface area contributed by atoms with Crippen molar-refractivity contribution in [3.63, 3.8) is 0 Å². The van der Waals surface area contributed by atoms with Crippen LogP contribution in [0.15, 0.2) is 45.3 Å². The second kappa shape index (κ2) is 6.10. The predicted octanol–water partition coefficient (Wildman–Crippen LogP) is 7.35. The van der Waals surface area contributed by atoms with Crippen LogP contribution >= 0.6 is 0 Å². The highest BCUT2D eigenvalue weighted by Gasteiger charge is 2.47. The first-order valence-electron chi connectivity index (χ1n) is 9.47. The third-order valence-corrected chi connectivity index (χ3v) is 15.2. The monoisotopic (exact) mass is 374 g/mol. The molecule has 0 saturated carbocycles. The van der Waals surface area contributed by atoms with Gasteiger partial charge in [0.15, 0.2) is 0 Å². The molecule has 0 aliphatic heterocycles.